The number of hydrogen-bond donors (Lipinski definition) is 2. The molecule has 0 aromatic heterocycles. The van der Waals surface area contributed by atoms with Crippen molar-refractivity contribution in [1.29, 1.82) is 0 Å². The maximum absolute atomic E-state index is 11.8. The van der Waals surface area contributed by atoms with Gasteiger partial charge in [-0.15, -0.1) is 0 Å². The molecule has 122 valence electrons. The summed E-state index contributed by atoms with van der Waals surface area (Å²) in [7, 11) is 0. The number of benzene rings is 2. The molecule has 2 aromatic rings. The minimum atomic E-state index is -0.360. The number of halogens is 1. The van der Waals surface area contributed by atoms with Crippen LogP contribution in [0.3, 0.4) is 0 Å². The Kier molecular flexibility index (Phi) is 6.11. The lowest BCUT2D eigenvalue weighted by atomic mass is 10.2. The SMILES string of the molecule is CCOc1ccc(OCNC(=O)Nc2cccc(Cl)c2C)cc1. The van der Waals surface area contributed by atoms with Gasteiger partial charge in [-0.05, 0) is 55.8 Å². The van der Waals surface area contributed by atoms with Crippen LogP contribution in [0.5, 0.6) is 11.5 Å². The molecular formula is C17H19ClN2O3. The second-order valence-corrected chi connectivity index (χ2v) is 5.14. The molecule has 0 spiro atoms. The summed E-state index contributed by atoms with van der Waals surface area (Å²) in [5.74, 6) is 1.43. The van der Waals surface area contributed by atoms with E-state index in [0.29, 0.717) is 23.1 Å². The van der Waals surface area contributed by atoms with Crippen LogP contribution in [0.15, 0.2) is 42.5 Å². The van der Waals surface area contributed by atoms with E-state index in [9.17, 15) is 4.79 Å². The lowest BCUT2D eigenvalue weighted by Gasteiger charge is -2.12. The molecule has 0 bridgehead atoms. The van der Waals surface area contributed by atoms with Gasteiger partial charge >= 0.3 is 6.03 Å². The van der Waals surface area contributed by atoms with E-state index in [4.69, 9.17) is 21.1 Å². The summed E-state index contributed by atoms with van der Waals surface area (Å²) in [5, 5.41) is 5.95. The first-order chi connectivity index (χ1) is 11.1. The van der Waals surface area contributed by atoms with Crippen molar-refractivity contribution in [2.45, 2.75) is 13.8 Å². The lowest BCUT2D eigenvalue weighted by molar-refractivity contribution is 0.234. The first kappa shape index (κ1) is 17.0. The monoisotopic (exact) mass is 334 g/mol. The summed E-state index contributed by atoms with van der Waals surface area (Å²) in [4.78, 5) is 11.8. The highest BCUT2D eigenvalue weighted by Crippen LogP contribution is 2.22. The fourth-order valence-corrected chi connectivity index (χ4v) is 2.07. The molecule has 0 aliphatic rings. The molecule has 0 saturated carbocycles. The standard InChI is InChI=1S/C17H19ClN2O3/c1-3-22-13-7-9-14(10-8-13)23-11-19-17(21)20-16-6-4-5-15(18)12(16)2/h4-10H,3,11H2,1-2H3,(H2,19,20,21). The maximum Gasteiger partial charge on any atom is 0.321 e. The Morgan fingerprint density at radius 1 is 1.09 bits per heavy atom. The molecule has 0 atom stereocenters. The van der Waals surface area contributed by atoms with Gasteiger partial charge in [0.25, 0.3) is 0 Å². The first-order valence-corrected chi connectivity index (χ1v) is 7.63. The number of amides is 2. The van der Waals surface area contributed by atoms with Crippen LogP contribution in [0.25, 0.3) is 0 Å². The molecule has 0 fully saturated rings. The third-order valence-electron chi connectivity index (χ3n) is 3.12. The van der Waals surface area contributed by atoms with Crippen LogP contribution in [0.2, 0.25) is 5.02 Å². The summed E-state index contributed by atoms with van der Waals surface area (Å²) in [5.41, 5.74) is 1.48. The van der Waals surface area contributed by atoms with Gasteiger partial charge in [0.05, 0.1) is 6.61 Å². The van der Waals surface area contributed by atoms with Gasteiger partial charge in [-0.25, -0.2) is 4.79 Å². The highest BCUT2D eigenvalue weighted by atomic mass is 35.5. The molecule has 2 aromatic carbocycles. The van der Waals surface area contributed by atoms with Gasteiger partial charge < -0.3 is 20.1 Å². The second kappa shape index (κ2) is 8.29. The van der Waals surface area contributed by atoms with E-state index in [1.807, 2.05) is 26.0 Å². The van der Waals surface area contributed by atoms with Gasteiger partial charge in [0.1, 0.15) is 11.5 Å². The van der Waals surface area contributed by atoms with Crippen molar-refractivity contribution in [3.8, 4) is 11.5 Å². The predicted molar refractivity (Wildman–Crippen MR) is 91.4 cm³/mol. The van der Waals surface area contributed by atoms with Crippen molar-refractivity contribution < 1.29 is 14.3 Å². The largest absolute Gasteiger partial charge is 0.494 e. The van der Waals surface area contributed by atoms with Crippen molar-refractivity contribution in [3.05, 3.63) is 53.1 Å². The molecule has 2 amide bonds. The normalized spacial score (nSPS) is 10.0. The van der Waals surface area contributed by atoms with E-state index < -0.39 is 0 Å². The zero-order valence-corrected chi connectivity index (χ0v) is 13.8. The quantitative estimate of drug-likeness (QED) is 0.778. The van der Waals surface area contributed by atoms with Crippen molar-refractivity contribution in [3.63, 3.8) is 0 Å². The van der Waals surface area contributed by atoms with Gasteiger partial charge in [-0.1, -0.05) is 17.7 Å². The number of ether oxygens (including phenoxy) is 2. The molecule has 2 N–H and O–H groups in total. The number of carbonyl (C=O) groups excluding carboxylic acids is 1. The van der Waals surface area contributed by atoms with Crippen molar-refractivity contribution >= 4 is 23.3 Å². The Labute approximate surface area is 140 Å². The molecule has 23 heavy (non-hydrogen) atoms. The van der Waals surface area contributed by atoms with E-state index in [1.165, 1.54) is 0 Å². The molecule has 0 heterocycles. The Balaban J connectivity index is 1.79. The van der Waals surface area contributed by atoms with Crippen LogP contribution in [-0.4, -0.2) is 19.4 Å². The lowest BCUT2D eigenvalue weighted by Crippen LogP contribution is -2.32. The average Bonchev–Trinajstić information content (AvgIpc) is 2.54. The molecule has 0 unspecified atom stereocenters. The van der Waals surface area contributed by atoms with E-state index >= 15 is 0 Å². The predicted octanol–water partition coefficient (Wildman–Crippen LogP) is 4.21. The summed E-state index contributed by atoms with van der Waals surface area (Å²) in [6, 6.07) is 12.2. The van der Waals surface area contributed by atoms with Crippen molar-refractivity contribution in [2.75, 3.05) is 18.7 Å². The third-order valence-corrected chi connectivity index (χ3v) is 3.53. The highest BCUT2D eigenvalue weighted by molar-refractivity contribution is 6.31. The van der Waals surface area contributed by atoms with E-state index in [-0.39, 0.29) is 12.8 Å². The van der Waals surface area contributed by atoms with Crippen LogP contribution in [0, 0.1) is 6.92 Å². The molecule has 0 radical (unpaired) electrons. The third kappa shape index (κ3) is 5.07. The Morgan fingerprint density at radius 2 is 1.74 bits per heavy atom. The molecule has 6 heteroatoms. The van der Waals surface area contributed by atoms with Crippen LogP contribution >= 0.6 is 11.6 Å². The smallest absolute Gasteiger partial charge is 0.321 e. The molecule has 5 nitrogen and oxygen atoms in total. The number of nitrogens with one attached hydrogen (secondary N) is 2. The minimum absolute atomic E-state index is 0.0550. The Morgan fingerprint density at radius 3 is 2.39 bits per heavy atom. The molecule has 0 aliphatic carbocycles. The van der Waals surface area contributed by atoms with Gasteiger partial charge in [0, 0.05) is 10.7 Å². The van der Waals surface area contributed by atoms with E-state index in [1.54, 1.807) is 30.3 Å². The highest BCUT2D eigenvalue weighted by Gasteiger charge is 2.06. The Hall–Kier alpha value is -2.40. The van der Waals surface area contributed by atoms with E-state index in [0.717, 1.165) is 11.3 Å². The number of hydrogen-bond acceptors (Lipinski definition) is 3. The molecule has 2 rings (SSSR count). The van der Waals surface area contributed by atoms with Gasteiger partial charge in [-0.3, -0.25) is 0 Å². The van der Waals surface area contributed by atoms with Crippen LogP contribution < -0.4 is 20.1 Å². The fourth-order valence-electron chi connectivity index (χ4n) is 1.89. The molecular weight excluding hydrogens is 316 g/mol. The van der Waals surface area contributed by atoms with Crippen LogP contribution in [-0.2, 0) is 0 Å². The van der Waals surface area contributed by atoms with Gasteiger partial charge in [0.15, 0.2) is 6.73 Å². The summed E-state index contributed by atoms with van der Waals surface area (Å²) in [6.45, 7) is 4.44. The maximum atomic E-state index is 11.8. The number of urea groups is 1. The summed E-state index contributed by atoms with van der Waals surface area (Å²) < 4.78 is 10.8. The number of carbonyl (C=O) groups is 1. The molecule has 0 aliphatic heterocycles. The number of anilines is 1. The van der Waals surface area contributed by atoms with Gasteiger partial charge in [0.2, 0.25) is 0 Å². The average molecular weight is 335 g/mol. The second-order valence-electron chi connectivity index (χ2n) is 4.74. The summed E-state index contributed by atoms with van der Waals surface area (Å²) >= 11 is 6.01. The van der Waals surface area contributed by atoms with Gasteiger partial charge in [-0.2, -0.15) is 0 Å². The van der Waals surface area contributed by atoms with Crippen molar-refractivity contribution in [1.82, 2.24) is 5.32 Å². The van der Waals surface area contributed by atoms with Crippen LogP contribution in [0.1, 0.15) is 12.5 Å². The zero-order chi connectivity index (χ0) is 16.7. The molecule has 0 saturated heterocycles. The van der Waals surface area contributed by atoms with Crippen molar-refractivity contribution in [2.24, 2.45) is 0 Å². The first-order valence-electron chi connectivity index (χ1n) is 7.25. The number of rotatable bonds is 6. The fraction of sp³-hybridized carbons (Fsp3) is 0.235. The Bertz CT molecular complexity index is 659. The van der Waals surface area contributed by atoms with Crippen LogP contribution in [0.4, 0.5) is 10.5 Å². The summed E-state index contributed by atoms with van der Waals surface area (Å²) in [6.07, 6.45) is 0. The van der Waals surface area contributed by atoms with E-state index in [2.05, 4.69) is 10.6 Å². The topological polar surface area (TPSA) is 59.6 Å². The zero-order valence-electron chi connectivity index (χ0n) is 13.1. The minimum Gasteiger partial charge on any atom is -0.494 e.